The van der Waals surface area contributed by atoms with E-state index in [1.165, 1.54) is 0 Å². The molecule has 1 atom stereocenters. The predicted octanol–water partition coefficient (Wildman–Crippen LogP) is 2.95. The van der Waals surface area contributed by atoms with E-state index in [-0.39, 0.29) is 6.04 Å². The summed E-state index contributed by atoms with van der Waals surface area (Å²) in [6.45, 7) is 8.89. The molecule has 0 aromatic carbocycles. The minimum Gasteiger partial charge on any atom is -0.383 e. The molecule has 1 aromatic heterocycles. The zero-order valence-corrected chi connectivity index (χ0v) is 13.9. The van der Waals surface area contributed by atoms with E-state index in [0.717, 1.165) is 24.5 Å². The number of halogens is 1. The van der Waals surface area contributed by atoms with Crippen LogP contribution in [0.15, 0.2) is 12.3 Å². The fraction of sp³-hybridized carbons (Fsp3) is 0.667. The first kappa shape index (κ1) is 17.2. The Morgan fingerprint density at radius 1 is 1.40 bits per heavy atom. The summed E-state index contributed by atoms with van der Waals surface area (Å²) in [5.74, 6) is 1.43. The number of nitrogens with one attached hydrogen (secondary N) is 1. The number of methoxy groups -OCH3 is 1. The zero-order valence-electron chi connectivity index (χ0n) is 13.1. The van der Waals surface area contributed by atoms with Gasteiger partial charge in [-0.15, -0.1) is 0 Å². The van der Waals surface area contributed by atoms with Crippen molar-refractivity contribution in [1.82, 2.24) is 10.3 Å². The Balaban J connectivity index is 2.67. The molecule has 1 unspecified atom stereocenters. The fourth-order valence-electron chi connectivity index (χ4n) is 1.89. The van der Waals surface area contributed by atoms with Crippen LogP contribution in [0.2, 0.25) is 5.02 Å². The SMILES string of the molecule is COCC(C)N(C)c1ncc(CNCC(C)C)cc1Cl. The van der Waals surface area contributed by atoms with E-state index >= 15 is 0 Å². The van der Waals surface area contributed by atoms with Crippen molar-refractivity contribution in [3.05, 3.63) is 22.8 Å². The second kappa shape index (κ2) is 8.45. The molecular formula is C15H26ClN3O. The van der Waals surface area contributed by atoms with Gasteiger partial charge in [-0.3, -0.25) is 0 Å². The molecule has 1 rings (SSSR count). The standard InChI is InChI=1S/C15H26ClN3O/c1-11(2)7-17-8-13-6-14(16)15(18-9-13)19(4)12(3)10-20-5/h6,9,11-12,17H,7-8,10H2,1-5H3. The molecule has 1 aromatic rings. The Morgan fingerprint density at radius 2 is 2.10 bits per heavy atom. The summed E-state index contributed by atoms with van der Waals surface area (Å²) in [5.41, 5.74) is 1.10. The highest BCUT2D eigenvalue weighted by Crippen LogP contribution is 2.24. The molecule has 0 aliphatic heterocycles. The molecule has 0 saturated carbocycles. The van der Waals surface area contributed by atoms with Crippen LogP contribution in [0, 0.1) is 5.92 Å². The third-order valence-electron chi connectivity index (χ3n) is 3.16. The molecule has 20 heavy (non-hydrogen) atoms. The lowest BCUT2D eigenvalue weighted by Gasteiger charge is -2.26. The van der Waals surface area contributed by atoms with Crippen molar-refractivity contribution in [2.75, 3.05) is 32.2 Å². The Labute approximate surface area is 127 Å². The van der Waals surface area contributed by atoms with Gasteiger partial charge in [0.15, 0.2) is 0 Å². The van der Waals surface area contributed by atoms with Crippen molar-refractivity contribution in [3.63, 3.8) is 0 Å². The molecule has 0 amide bonds. The molecular weight excluding hydrogens is 274 g/mol. The van der Waals surface area contributed by atoms with Gasteiger partial charge in [-0.05, 0) is 31.0 Å². The predicted molar refractivity (Wildman–Crippen MR) is 85.5 cm³/mol. The topological polar surface area (TPSA) is 37.4 Å². The average Bonchev–Trinajstić information content (AvgIpc) is 2.38. The van der Waals surface area contributed by atoms with E-state index in [0.29, 0.717) is 17.5 Å². The third kappa shape index (κ3) is 5.27. The first-order valence-corrected chi connectivity index (χ1v) is 7.40. The van der Waals surface area contributed by atoms with Gasteiger partial charge in [-0.1, -0.05) is 25.4 Å². The van der Waals surface area contributed by atoms with Gasteiger partial charge in [-0.25, -0.2) is 4.98 Å². The highest BCUT2D eigenvalue weighted by molar-refractivity contribution is 6.33. The van der Waals surface area contributed by atoms with Crippen LogP contribution in [-0.2, 0) is 11.3 Å². The normalized spacial score (nSPS) is 12.8. The van der Waals surface area contributed by atoms with Crippen LogP contribution < -0.4 is 10.2 Å². The number of rotatable bonds is 8. The Kier molecular flexibility index (Phi) is 7.27. The fourth-order valence-corrected chi connectivity index (χ4v) is 2.22. The number of anilines is 1. The Hall–Kier alpha value is -0.840. The molecule has 5 heteroatoms. The Morgan fingerprint density at radius 3 is 2.65 bits per heavy atom. The lowest BCUT2D eigenvalue weighted by molar-refractivity contribution is 0.183. The second-order valence-electron chi connectivity index (χ2n) is 5.59. The minimum absolute atomic E-state index is 0.231. The molecule has 0 aliphatic carbocycles. The van der Waals surface area contributed by atoms with Crippen molar-refractivity contribution in [1.29, 1.82) is 0 Å². The lowest BCUT2D eigenvalue weighted by atomic mass is 10.2. The highest BCUT2D eigenvalue weighted by Gasteiger charge is 2.14. The summed E-state index contributed by atoms with van der Waals surface area (Å²) in [5, 5.41) is 4.07. The summed E-state index contributed by atoms with van der Waals surface area (Å²) in [6, 6.07) is 2.21. The van der Waals surface area contributed by atoms with Gasteiger partial charge in [-0.2, -0.15) is 0 Å². The van der Waals surface area contributed by atoms with Gasteiger partial charge >= 0.3 is 0 Å². The molecule has 0 aliphatic rings. The Bertz CT molecular complexity index is 412. The first-order valence-electron chi connectivity index (χ1n) is 7.02. The summed E-state index contributed by atoms with van der Waals surface area (Å²) in [4.78, 5) is 6.52. The summed E-state index contributed by atoms with van der Waals surface area (Å²) >= 11 is 6.34. The largest absolute Gasteiger partial charge is 0.383 e. The monoisotopic (exact) mass is 299 g/mol. The maximum Gasteiger partial charge on any atom is 0.147 e. The number of nitrogens with zero attached hydrogens (tertiary/aromatic N) is 2. The number of likely N-dealkylation sites (N-methyl/N-ethyl adjacent to an activating group) is 1. The van der Waals surface area contributed by atoms with Gasteiger partial charge in [0.25, 0.3) is 0 Å². The number of hydrogen-bond acceptors (Lipinski definition) is 4. The van der Waals surface area contributed by atoms with Gasteiger partial charge in [0.1, 0.15) is 5.82 Å². The second-order valence-corrected chi connectivity index (χ2v) is 6.00. The number of hydrogen-bond donors (Lipinski definition) is 1. The maximum atomic E-state index is 6.34. The smallest absolute Gasteiger partial charge is 0.147 e. The van der Waals surface area contributed by atoms with Crippen molar-refractivity contribution in [3.8, 4) is 0 Å². The molecule has 1 heterocycles. The van der Waals surface area contributed by atoms with Crippen LogP contribution in [0.5, 0.6) is 0 Å². The van der Waals surface area contributed by atoms with Crippen molar-refractivity contribution >= 4 is 17.4 Å². The van der Waals surface area contributed by atoms with Crippen LogP contribution in [0.4, 0.5) is 5.82 Å². The summed E-state index contributed by atoms with van der Waals surface area (Å²) in [7, 11) is 3.68. The highest BCUT2D eigenvalue weighted by atomic mass is 35.5. The van der Waals surface area contributed by atoms with Crippen LogP contribution in [0.1, 0.15) is 26.3 Å². The van der Waals surface area contributed by atoms with E-state index in [2.05, 4.69) is 31.1 Å². The number of aromatic nitrogens is 1. The van der Waals surface area contributed by atoms with Gasteiger partial charge in [0.05, 0.1) is 17.7 Å². The molecule has 0 bridgehead atoms. The van der Waals surface area contributed by atoms with Crippen LogP contribution >= 0.6 is 11.6 Å². The van der Waals surface area contributed by atoms with E-state index in [4.69, 9.17) is 16.3 Å². The van der Waals surface area contributed by atoms with Gasteiger partial charge in [0.2, 0.25) is 0 Å². The molecule has 0 radical (unpaired) electrons. The van der Waals surface area contributed by atoms with E-state index in [1.54, 1.807) is 7.11 Å². The zero-order chi connectivity index (χ0) is 15.1. The molecule has 114 valence electrons. The van der Waals surface area contributed by atoms with Crippen LogP contribution in [-0.4, -0.2) is 38.3 Å². The quantitative estimate of drug-likeness (QED) is 0.801. The molecule has 1 N–H and O–H groups in total. The number of ether oxygens (including phenoxy) is 1. The lowest BCUT2D eigenvalue weighted by Crippen LogP contribution is -2.33. The molecule has 4 nitrogen and oxygen atoms in total. The molecule has 0 spiro atoms. The van der Waals surface area contributed by atoms with Crippen LogP contribution in [0.25, 0.3) is 0 Å². The third-order valence-corrected chi connectivity index (χ3v) is 3.44. The van der Waals surface area contributed by atoms with E-state index in [9.17, 15) is 0 Å². The summed E-state index contributed by atoms with van der Waals surface area (Å²) in [6.07, 6.45) is 1.88. The van der Waals surface area contributed by atoms with E-state index < -0.39 is 0 Å². The average molecular weight is 300 g/mol. The number of pyridine rings is 1. The first-order chi connectivity index (χ1) is 9.45. The van der Waals surface area contributed by atoms with Crippen molar-refractivity contribution in [2.45, 2.75) is 33.4 Å². The van der Waals surface area contributed by atoms with E-state index in [1.807, 2.05) is 24.2 Å². The van der Waals surface area contributed by atoms with Crippen molar-refractivity contribution < 1.29 is 4.74 Å². The van der Waals surface area contributed by atoms with Gasteiger partial charge < -0.3 is 15.0 Å². The molecule has 0 fully saturated rings. The minimum atomic E-state index is 0.231. The van der Waals surface area contributed by atoms with Gasteiger partial charge in [0, 0.05) is 26.9 Å². The summed E-state index contributed by atoms with van der Waals surface area (Å²) < 4.78 is 5.16. The van der Waals surface area contributed by atoms with Crippen LogP contribution in [0.3, 0.4) is 0 Å². The molecule has 0 saturated heterocycles. The maximum absolute atomic E-state index is 6.34. The van der Waals surface area contributed by atoms with Crippen molar-refractivity contribution in [2.24, 2.45) is 5.92 Å².